The van der Waals surface area contributed by atoms with Gasteiger partial charge in [0.15, 0.2) is 0 Å². The maximum atomic E-state index is 14.3. The number of hydrogen-bond donors (Lipinski definition) is 2. The van der Waals surface area contributed by atoms with Crippen LogP contribution in [0.3, 0.4) is 0 Å². The van der Waals surface area contributed by atoms with Gasteiger partial charge >= 0.3 is 0 Å². The van der Waals surface area contributed by atoms with Crippen molar-refractivity contribution < 1.29 is 23.9 Å². The summed E-state index contributed by atoms with van der Waals surface area (Å²) in [4.78, 5) is 43.6. The van der Waals surface area contributed by atoms with Gasteiger partial charge in [0, 0.05) is 27.3 Å². The predicted molar refractivity (Wildman–Crippen MR) is 156 cm³/mol. The number of hydrogen-bond acceptors (Lipinski definition) is 5. The van der Waals surface area contributed by atoms with Gasteiger partial charge in [0.25, 0.3) is 0 Å². The maximum absolute atomic E-state index is 14.3. The van der Waals surface area contributed by atoms with E-state index in [4.69, 9.17) is 32.7 Å². The van der Waals surface area contributed by atoms with Crippen LogP contribution >= 0.6 is 23.2 Å². The van der Waals surface area contributed by atoms with Gasteiger partial charge in [0.1, 0.15) is 17.4 Å². The molecule has 10 heteroatoms. The number of nitrogens with zero attached hydrogens (tertiary/aromatic N) is 1. The molecule has 2 aromatic carbocycles. The zero-order valence-electron chi connectivity index (χ0n) is 22.8. The third kappa shape index (κ3) is 5.11. The van der Waals surface area contributed by atoms with Crippen LogP contribution < -0.4 is 15.4 Å². The Kier molecular flexibility index (Phi) is 7.74. The molecule has 3 aliphatic heterocycles. The van der Waals surface area contributed by atoms with Gasteiger partial charge in [-0.3, -0.25) is 14.4 Å². The first kappa shape index (κ1) is 28.1. The molecule has 0 unspecified atom stereocenters. The minimum atomic E-state index is -1.25. The van der Waals surface area contributed by atoms with E-state index in [1.165, 1.54) is 0 Å². The molecule has 2 N–H and O–H groups in total. The average molecular weight is 599 g/mol. The number of nitrogens with one attached hydrogen (secondary N) is 2. The average Bonchev–Trinajstić information content (AvgIpc) is 3.57. The molecule has 0 aromatic heterocycles. The molecule has 4 aliphatic rings. The van der Waals surface area contributed by atoms with Crippen LogP contribution in [0.1, 0.15) is 44.6 Å². The Bertz CT molecular complexity index is 1370. The van der Waals surface area contributed by atoms with Crippen LogP contribution in [-0.2, 0) is 25.7 Å². The van der Waals surface area contributed by atoms with E-state index in [1.54, 1.807) is 29.2 Å². The lowest BCUT2D eigenvalue weighted by molar-refractivity contribution is -0.142. The summed E-state index contributed by atoms with van der Waals surface area (Å²) in [5.41, 5.74) is -0.0508. The summed E-state index contributed by atoms with van der Waals surface area (Å²) in [6.07, 6.45) is 8.07. The van der Waals surface area contributed by atoms with Gasteiger partial charge in [-0.05, 0) is 44.0 Å². The number of carbonyl (C=O) groups is 3. The Labute approximate surface area is 249 Å². The summed E-state index contributed by atoms with van der Waals surface area (Å²) in [7, 11) is 0. The SMILES string of the molecule is CCOc1ccccc1CN1C(=O)[C@@H]2[C@@H](C(=O)Nc3cc(Cl)cc(Cl)c3)[C@@H]3C=C[C@@]2(O3)[C@@H]1C(=O)NC1CCCCC1. The normalized spacial score (nSPS) is 28.6. The molecule has 5 atom stereocenters. The minimum absolute atomic E-state index is 0.0496. The largest absolute Gasteiger partial charge is 0.494 e. The van der Waals surface area contributed by atoms with Crippen LogP contribution in [0.15, 0.2) is 54.6 Å². The number of halogens is 2. The van der Waals surface area contributed by atoms with Crippen molar-refractivity contribution in [2.45, 2.75) is 69.4 Å². The predicted octanol–water partition coefficient (Wildman–Crippen LogP) is 5.13. The summed E-state index contributed by atoms with van der Waals surface area (Å²) in [5.74, 6) is -1.99. The molecule has 2 aromatic rings. The fourth-order valence-corrected chi connectivity index (χ4v) is 7.46. The van der Waals surface area contributed by atoms with Crippen molar-refractivity contribution in [1.82, 2.24) is 10.2 Å². The summed E-state index contributed by atoms with van der Waals surface area (Å²) >= 11 is 12.3. The van der Waals surface area contributed by atoms with Gasteiger partial charge in [0.05, 0.1) is 31.1 Å². The highest BCUT2D eigenvalue weighted by Gasteiger charge is 2.72. The van der Waals surface area contributed by atoms with Crippen molar-refractivity contribution in [2.24, 2.45) is 11.8 Å². The van der Waals surface area contributed by atoms with Crippen molar-refractivity contribution in [1.29, 1.82) is 0 Å². The lowest BCUT2D eigenvalue weighted by Gasteiger charge is -2.34. The van der Waals surface area contributed by atoms with Crippen LogP contribution in [0, 0.1) is 11.8 Å². The highest BCUT2D eigenvalue weighted by Crippen LogP contribution is 2.55. The van der Waals surface area contributed by atoms with Crippen molar-refractivity contribution in [3.8, 4) is 5.75 Å². The number of anilines is 1. The van der Waals surface area contributed by atoms with Crippen molar-refractivity contribution in [2.75, 3.05) is 11.9 Å². The summed E-state index contributed by atoms with van der Waals surface area (Å²) in [5, 5.41) is 6.84. The first-order valence-electron chi connectivity index (χ1n) is 14.3. The zero-order chi connectivity index (χ0) is 28.7. The molecule has 216 valence electrons. The van der Waals surface area contributed by atoms with Gasteiger partial charge in [-0.25, -0.2) is 0 Å². The Morgan fingerprint density at radius 1 is 1.07 bits per heavy atom. The number of carbonyl (C=O) groups excluding carboxylic acids is 3. The third-order valence-electron chi connectivity index (χ3n) is 8.62. The first-order valence-corrected chi connectivity index (χ1v) is 15.0. The molecule has 8 nitrogen and oxygen atoms in total. The van der Waals surface area contributed by atoms with Crippen LogP contribution in [0.2, 0.25) is 10.0 Å². The van der Waals surface area contributed by atoms with Gasteiger partial charge in [0.2, 0.25) is 17.7 Å². The second kappa shape index (κ2) is 11.3. The monoisotopic (exact) mass is 597 g/mol. The lowest BCUT2D eigenvalue weighted by atomic mass is 9.74. The van der Waals surface area contributed by atoms with Gasteiger partial charge in [-0.1, -0.05) is 72.8 Å². The van der Waals surface area contributed by atoms with Crippen LogP contribution in [-0.4, -0.2) is 53.0 Å². The molecule has 41 heavy (non-hydrogen) atoms. The third-order valence-corrected chi connectivity index (χ3v) is 9.06. The fraction of sp³-hybridized carbons (Fsp3) is 0.452. The molecule has 3 fully saturated rings. The molecule has 3 heterocycles. The van der Waals surface area contributed by atoms with Gasteiger partial charge in [-0.15, -0.1) is 0 Å². The summed E-state index contributed by atoms with van der Waals surface area (Å²) in [6, 6.07) is 11.4. The number of rotatable bonds is 8. The topological polar surface area (TPSA) is 97.0 Å². The standard InChI is InChI=1S/C31H33Cl2N3O5/c1-2-40-23-11-7-6-8-18(23)17-36-27(29(38)34-21-9-4-3-5-10-21)31-13-12-24(41-31)25(26(31)30(36)39)28(37)35-22-15-19(32)14-20(33)16-22/h6-8,11-16,21,24-27H,2-5,9-10,17H2,1H3,(H,34,38)(H,35,37)/t24-,25-,26-,27-,31-/m0/s1. The highest BCUT2D eigenvalue weighted by molar-refractivity contribution is 6.35. The summed E-state index contributed by atoms with van der Waals surface area (Å²) in [6.45, 7) is 2.51. The molecule has 1 spiro atoms. The maximum Gasteiger partial charge on any atom is 0.246 e. The van der Waals surface area contributed by atoms with E-state index >= 15 is 0 Å². The second-order valence-corrected chi connectivity index (χ2v) is 12.1. The number of fused-ring (bicyclic) bond motifs is 1. The van der Waals surface area contributed by atoms with Crippen molar-refractivity contribution in [3.05, 3.63) is 70.2 Å². The molecule has 3 amide bonds. The molecule has 6 rings (SSSR count). The Hall–Kier alpha value is -3.07. The molecule has 1 saturated carbocycles. The Balaban J connectivity index is 1.34. The smallest absolute Gasteiger partial charge is 0.246 e. The van der Waals surface area contributed by atoms with E-state index < -0.39 is 29.6 Å². The molecule has 2 saturated heterocycles. The highest BCUT2D eigenvalue weighted by atomic mass is 35.5. The molecule has 0 radical (unpaired) electrons. The Morgan fingerprint density at radius 2 is 1.80 bits per heavy atom. The fourth-order valence-electron chi connectivity index (χ4n) is 6.93. The van der Waals surface area contributed by atoms with Crippen molar-refractivity contribution in [3.63, 3.8) is 0 Å². The van der Waals surface area contributed by atoms with E-state index in [2.05, 4.69) is 10.6 Å². The first-order chi connectivity index (χ1) is 19.8. The number of benzene rings is 2. The number of ether oxygens (including phenoxy) is 2. The second-order valence-electron chi connectivity index (χ2n) is 11.2. The van der Waals surface area contributed by atoms with Gasteiger partial charge < -0.3 is 25.0 Å². The van der Waals surface area contributed by atoms with Crippen LogP contribution in [0.5, 0.6) is 5.75 Å². The van der Waals surface area contributed by atoms with E-state index in [-0.39, 0.29) is 30.3 Å². The van der Waals surface area contributed by atoms with E-state index in [9.17, 15) is 14.4 Å². The number of likely N-dealkylation sites (tertiary alicyclic amines) is 1. The Morgan fingerprint density at radius 3 is 2.54 bits per heavy atom. The van der Waals surface area contributed by atoms with E-state index in [0.29, 0.717) is 28.1 Å². The van der Waals surface area contributed by atoms with E-state index in [0.717, 1.165) is 37.7 Å². The van der Waals surface area contributed by atoms with Crippen LogP contribution in [0.25, 0.3) is 0 Å². The quantitative estimate of drug-likeness (QED) is 0.411. The molecule has 2 bridgehead atoms. The van der Waals surface area contributed by atoms with Crippen molar-refractivity contribution >= 4 is 46.6 Å². The molecular weight excluding hydrogens is 565 g/mol. The molecular formula is C31H33Cl2N3O5. The number of amides is 3. The van der Waals surface area contributed by atoms with Gasteiger partial charge in [-0.2, -0.15) is 0 Å². The zero-order valence-corrected chi connectivity index (χ0v) is 24.3. The van der Waals surface area contributed by atoms with E-state index in [1.807, 2.05) is 37.3 Å². The number of para-hydroxylation sites is 1. The lowest BCUT2D eigenvalue weighted by Crippen LogP contribution is -2.56. The van der Waals surface area contributed by atoms with Crippen LogP contribution in [0.4, 0.5) is 5.69 Å². The minimum Gasteiger partial charge on any atom is -0.494 e. The molecule has 1 aliphatic carbocycles. The summed E-state index contributed by atoms with van der Waals surface area (Å²) < 4.78 is 12.3.